The van der Waals surface area contributed by atoms with Gasteiger partial charge in [0.05, 0.1) is 6.61 Å². The maximum atomic E-state index is 11.6. The number of aromatic hydroxyl groups is 2. The van der Waals surface area contributed by atoms with Crippen molar-refractivity contribution in [3.8, 4) is 11.5 Å². The van der Waals surface area contributed by atoms with Gasteiger partial charge in [0, 0.05) is 7.45 Å². The molecule has 0 saturated carbocycles. The topological polar surface area (TPSA) is 145 Å². The molecule has 120 valence electrons. The number of phenolic OH excluding ortho intramolecular Hbond substituents is 2. The monoisotopic (exact) mass is 313 g/mol. The molecule has 8 heteroatoms. The molecular formula is C14H16O8. The fourth-order valence-corrected chi connectivity index (χ4v) is 1.41. The second-order valence-electron chi connectivity index (χ2n) is 4.42. The zero-order valence-electron chi connectivity index (χ0n) is 12.3. The normalized spacial score (nSPS) is 15.8. The van der Waals surface area contributed by atoms with Gasteiger partial charge in [-0.05, 0) is 30.7 Å². The Bertz CT molecular complexity index is 615. The number of aliphatic hydroxyl groups is 2. The summed E-state index contributed by atoms with van der Waals surface area (Å²) in [4.78, 5) is 22.6. The summed E-state index contributed by atoms with van der Waals surface area (Å²) in [7, 11) is 0. The van der Waals surface area contributed by atoms with Crippen LogP contribution in [0.25, 0.3) is 6.08 Å². The van der Waals surface area contributed by atoms with Gasteiger partial charge in [0.25, 0.3) is 0 Å². The van der Waals surface area contributed by atoms with Crippen molar-refractivity contribution < 1.29 is 41.2 Å². The van der Waals surface area contributed by atoms with Crippen LogP contribution < -0.4 is 0 Å². The number of rotatable bonds is 6. The van der Waals surface area contributed by atoms with Gasteiger partial charge in [-0.25, -0.2) is 9.59 Å². The minimum atomic E-state index is -2.73. The molecule has 0 unspecified atom stereocenters. The quantitative estimate of drug-likeness (QED) is 0.277. The second-order valence-corrected chi connectivity index (χ2v) is 4.42. The molecule has 0 radical (unpaired) electrons. The van der Waals surface area contributed by atoms with E-state index >= 15 is 0 Å². The average Bonchev–Trinajstić information content (AvgIpc) is 2.52. The third kappa shape index (κ3) is 4.21. The summed E-state index contributed by atoms with van der Waals surface area (Å²) in [5.74, 6) is -3.60. The molecule has 0 spiro atoms. The van der Waals surface area contributed by atoms with E-state index in [1.807, 2.05) is 0 Å². The van der Waals surface area contributed by atoms with Crippen LogP contribution in [-0.2, 0) is 14.3 Å². The van der Waals surface area contributed by atoms with Crippen molar-refractivity contribution >= 4 is 18.0 Å². The molecule has 1 aromatic rings. The highest BCUT2D eigenvalue weighted by molar-refractivity contribution is 5.88. The molecule has 8 nitrogen and oxygen atoms in total. The molecule has 5 N–H and O–H groups in total. The van der Waals surface area contributed by atoms with E-state index in [1.54, 1.807) is 0 Å². The number of carboxylic acids is 1. The molecule has 0 heterocycles. The van der Waals surface area contributed by atoms with Gasteiger partial charge in [0.2, 0.25) is 0 Å². The van der Waals surface area contributed by atoms with Crippen LogP contribution >= 0.6 is 0 Å². The second kappa shape index (κ2) is 6.92. The van der Waals surface area contributed by atoms with Gasteiger partial charge in [0.15, 0.2) is 23.2 Å². The van der Waals surface area contributed by atoms with E-state index in [0.717, 1.165) is 6.08 Å². The summed E-state index contributed by atoms with van der Waals surface area (Å²) < 4.78 is 11.7. The number of hydrogen-bond donors (Lipinski definition) is 5. The fourth-order valence-electron chi connectivity index (χ4n) is 1.41. The maximum absolute atomic E-state index is 11.6. The van der Waals surface area contributed by atoms with Crippen molar-refractivity contribution in [2.75, 3.05) is 6.61 Å². The molecule has 0 aliphatic rings. The van der Waals surface area contributed by atoms with Crippen LogP contribution in [0.3, 0.4) is 0 Å². The molecule has 0 aliphatic carbocycles. The van der Waals surface area contributed by atoms with E-state index in [9.17, 15) is 19.8 Å². The van der Waals surface area contributed by atoms with Gasteiger partial charge in [0.1, 0.15) is 0 Å². The first-order valence-electron chi connectivity index (χ1n) is 6.72. The van der Waals surface area contributed by atoms with E-state index in [4.69, 9.17) is 16.7 Å². The van der Waals surface area contributed by atoms with E-state index in [1.165, 1.54) is 24.3 Å². The minimum absolute atomic E-state index is 0.340. The molecule has 1 aromatic carbocycles. The third-order valence-electron chi connectivity index (χ3n) is 2.74. The Balaban J connectivity index is 2.82. The van der Waals surface area contributed by atoms with E-state index in [2.05, 4.69) is 4.74 Å². The van der Waals surface area contributed by atoms with Crippen molar-refractivity contribution in [2.45, 2.75) is 18.6 Å². The van der Waals surface area contributed by atoms with Crippen LogP contribution in [0.1, 0.15) is 13.8 Å². The lowest BCUT2D eigenvalue weighted by Gasteiger charge is -2.26. The number of benzene rings is 1. The number of ether oxygens (including phenoxy) is 1. The average molecular weight is 313 g/mol. The summed E-state index contributed by atoms with van der Waals surface area (Å²) in [6.45, 7) is -2.00. The molecule has 22 heavy (non-hydrogen) atoms. The molecule has 0 aliphatic heterocycles. The number of hydrogen-bond acceptors (Lipinski definition) is 7. The predicted octanol–water partition coefficient (Wildman–Crippen LogP) is -0.149. The van der Waals surface area contributed by atoms with Crippen LogP contribution in [0.2, 0.25) is 0 Å². The van der Waals surface area contributed by atoms with Crippen LogP contribution in [0.5, 0.6) is 11.5 Å². The van der Waals surface area contributed by atoms with Gasteiger partial charge in [-0.2, -0.15) is 0 Å². The van der Waals surface area contributed by atoms with Crippen LogP contribution in [0.4, 0.5) is 0 Å². The summed E-state index contributed by atoms with van der Waals surface area (Å²) in [5.41, 5.74) is -2.39. The van der Waals surface area contributed by atoms with Crippen molar-refractivity contribution in [3.63, 3.8) is 0 Å². The lowest BCUT2D eigenvalue weighted by molar-refractivity contribution is -0.182. The van der Waals surface area contributed by atoms with E-state index in [-0.39, 0.29) is 5.75 Å². The summed E-state index contributed by atoms with van der Waals surface area (Å²) in [6.07, 6.45) is 0.264. The molecule has 0 bridgehead atoms. The number of carbonyl (C=O) groups is 2. The molecule has 0 amide bonds. The Morgan fingerprint density at radius 2 is 2.09 bits per heavy atom. The number of aliphatic carboxylic acids is 1. The van der Waals surface area contributed by atoms with Crippen molar-refractivity contribution in [3.05, 3.63) is 29.8 Å². The molecular weight excluding hydrogens is 296 g/mol. The summed E-state index contributed by atoms with van der Waals surface area (Å²) in [5, 5.41) is 46.1. The van der Waals surface area contributed by atoms with Crippen molar-refractivity contribution in [1.29, 1.82) is 0 Å². The van der Waals surface area contributed by atoms with Crippen molar-refractivity contribution in [2.24, 2.45) is 0 Å². The summed E-state index contributed by atoms with van der Waals surface area (Å²) >= 11 is 0. The van der Waals surface area contributed by atoms with Crippen molar-refractivity contribution in [1.82, 2.24) is 0 Å². The first kappa shape index (κ1) is 15.8. The summed E-state index contributed by atoms with van der Waals surface area (Å²) in [6, 6.07) is 3.75. The molecule has 0 aromatic heterocycles. The van der Waals surface area contributed by atoms with E-state index < -0.39 is 42.9 Å². The standard InChI is InChI=1S/C14H16O8/c1-14(21,13(19)20)11(7-15)22-12(18)5-3-8-2-4-9(16)10(17)6-8/h2-6,11,15-17,21H,7H2,1H3,(H,19,20)/b5-3+/t11-,14-/m1/s1/i1D. The van der Waals surface area contributed by atoms with Crippen LogP contribution in [0, 0.1) is 0 Å². The number of aliphatic hydroxyl groups excluding tert-OH is 1. The Morgan fingerprint density at radius 3 is 2.59 bits per heavy atom. The lowest BCUT2D eigenvalue weighted by Crippen LogP contribution is -2.50. The molecule has 2 atom stereocenters. The highest BCUT2D eigenvalue weighted by Gasteiger charge is 2.41. The highest BCUT2D eigenvalue weighted by Crippen LogP contribution is 2.25. The number of phenols is 2. The van der Waals surface area contributed by atoms with Gasteiger partial charge < -0.3 is 30.3 Å². The fraction of sp³-hybridized carbons (Fsp3) is 0.286. The van der Waals surface area contributed by atoms with Gasteiger partial charge in [-0.3, -0.25) is 0 Å². The van der Waals surface area contributed by atoms with Crippen LogP contribution in [-0.4, -0.2) is 55.8 Å². The van der Waals surface area contributed by atoms with E-state index in [0.29, 0.717) is 5.56 Å². The number of esters is 1. The van der Waals surface area contributed by atoms with Gasteiger partial charge in [-0.1, -0.05) is 6.07 Å². The Hall–Kier alpha value is -2.58. The van der Waals surface area contributed by atoms with Gasteiger partial charge >= 0.3 is 11.9 Å². The highest BCUT2D eigenvalue weighted by atomic mass is 16.6. The first-order valence-corrected chi connectivity index (χ1v) is 6.01. The van der Waals surface area contributed by atoms with Gasteiger partial charge in [-0.15, -0.1) is 0 Å². The Labute approximate surface area is 126 Å². The maximum Gasteiger partial charge on any atom is 0.339 e. The SMILES string of the molecule is [2H]C[C@](O)(C(=O)O)[C@@H](CO)OC(=O)/C=C/c1ccc(O)c(O)c1. The number of carbonyl (C=O) groups excluding carboxylic acids is 1. The Morgan fingerprint density at radius 1 is 1.41 bits per heavy atom. The predicted molar refractivity (Wildman–Crippen MR) is 74.0 cm³/mol. The molecule has 0 saturated heterocycles. The zero-order valence-corrected chi connectivity index (χ0v) is 11.3. The third-order valence-corrected chi connectivity index (χ3v) is 2.74. The van der Waals surface area contributed by atoms with Crippen LogP contribution in [0.15, 0.2) is 24.3 Å². The first-order chi connectivity index (χ1) is 10.7. The smallest absolute Gasteiger partial charge is 0.339 e. The zero-order chi connectivity index (χ0) is 17.6. The molecule has 1 rings (SSSR count). The molecule has 0 fully saturated rings. The number of carboxylic acid groups (broad SMARTS) is 1. The minimum Gasteiger partial charge on any atom is -0.504 e. The lowest BCUT2D eigenvalue weighted by atomic mass is 10.00. The Kier molecular flexibility index (Phi) is 4.97. The largest absolute Gasteiger partial charge is 0.504 e.